The van der Waals surface area contributed by atoms with E-state index in [9.17, 15) is 10.4 Å². The number of nitrogens with zero attached hydrogens (tertiary/aromatic N) is 1. The Bertz CT molecular complexity index is 339. The minimum absolute atomic E-state index is 0.135. The predicted molar refractivity (Wildman–Crippen MR) is 65.2 cm³/mol. The summed E-state index contributed by atoms with van der Waals surface area (Å²) in [5, 5.41) is 20.7. The van der Waals surface area contributed by atoms with Gasteiger partial charge in [0.05, 0.1) is 17.1 Å². The van der Waals surface area contributed by atoms with E-state index in [0.717, 1.165) is 12.8 Å². The zero-order valence-corrected chi connectivity index (χ0v) is 11.1. The topological polar surface area (TPSA) is 53.2 Å². The summed E-state index contributed by atoms with van der Waals surface area (Å²) in [4.78, 5) is 0. The molecule has 1 aliphatic heterocycles. The molecule has 0 amide bonds. The Hall–Kier alpha value is -0.590. The molecular formula is C14H23NO2. The van der Waals surface area contributed by atoms with Crippen molar-refractivity contribution in [3.05, 3.63) is 0 Å². The van der Waals surface area contributed by atoms with Crippen LogP contribution in [0.1, 0.15) is 46.5 Å². The standard InChI is InChI=1S/C14H23NO2/c1-11-8-12(2,3)9-14(11,16)13(10-15)4-6-17-7-5-13/h11,16H,4-9H2,1-3H3. The normalized spacial score (nSPS) is 39.8. The van der Waals surface area contributed by atoms with Crippen molar-refractivity contribution in [3.63, 3.8) is 0 Å². The number of nitriles is 1. The van der Waals surface area contributed by atoms with Gasteiger partial charge in [-0.25, -0.2) is 0 Å². The summed E-state index contributed by atoms with van der Waals surface area (Å²) >= 11 is 0. The van der Waals surface area contributed by atoms with E-state index < -0.39 is 11.0 Å². The van der Waals surface area contributed by atoms with Gasteiger partial charge in [-0.05, 0) is 37.0 Å². The number of ether oxygens (including phenoxy) is 1. The third-order valence-electron chi connectivity index (χ3n) is 4.81. The van der Waals surface area contributed by atoms with Gasteiger partial charge in [0.2, 0.25) is 0 Å². The summed E-state index contributed by atoms with van der Waals surface area (Å²) in [7, 11) is 0. The quantitative estimate of drug-likeness (QED) is 0.762. The van der Waals surface area contributed by atoms with Crippen LogP contribution in [-0.2, 0) is 4.74 Å². The fraction of sp³-hybridized carbons (Fsp3) is 0.929. The second-order valence-electron chi connectivity index (χ2n) is 6.68. The van der Waals surface area contributed by atoms with Crippen molar-refractivity contribution >= 4 is 0 Å². The van der Waals surface area contributed by atoms with Crippen LogP contribution < -0.4 is 0 Å². The average Bonchev–Trinajstić information content (AvgIpc) is 2.49. The lowest BCUT2D eigenvalue weighted by Crippen LogP contribution is -2.52. The molecular weight excluding hydrogens is 214 g/mol. The van der Waals surface area contributed by atoms with E-state index >= 15 is 0 Å². The van der Waals surface area contributed by atoms with E-state index in [1.165, 1.54) is 0 Å². The monoisotopic (exact) mass is 237 g/mol. The third-order valence-corrected chi connectivity index (χ3v) is 4.81. The number of rotatable bonds is 1. The molecule has 17 heavy (non-hydrogen) atoms. The van der Waals surface area contributed by atoms with Gasteiger partial charge in [0.1, 0.15) is 0 Å². The lowest BCUT2D eigenvalue weighted by molar-refractivity contribution is -0.124. The molecule has 0 radical (unpaired) electrons. The van der Waals surface area contributed by atoms with Crippen molar-refractivity contribution in [2.24, 2.45) is 16.7 Å². The first-order valence-electron chi connectivity index (χ1n) is 6.57. The smallest absolute Gasteiger partial charge is 0.0906 e. The van der Waals surface area contributed by atoms with Gasteiger partial charge in [-0.3, -0.25) is 0 Å². The first-order chi connectivity index (χ1) is 7.85. The van der Waals surface area contributed by atoms with E-state index in [4.69, 9.17) is 4.74 Å². The molecule has 2 fully saturated rings. The SMILES string of the molecule is CC1CC(C)(C)CC1(O)C1(C#N)CCOCC1. The van der Waals surface area contributed by atoms with Crippen LogP contribution in [-0.4, -0.2) is 23.9 Å². The predicted octanol–water partition coefficient (Wildman–Crippen LogP) is 2.49. The van der Waals surface area contributed by atoms with Gasteiger partial charge in [-0.2, -0.15) is 5.26 Å². The summed E-state index contributed by atoms with van der Waals surface area (Å²) in [6, 6.07) is 2.44. The summed E-state index contributed by atoms with van der Waals surface area (Å²) in [6.07, 6.45) is 3.06. The Balaban J connectivity index is 2.33. The molecule has 0 bridgehead atoms. The van der Waals surface area contributed by atoms with Gasteiger partial charge in [-0.1, -0.05) is 20.8 Å². The van der Waals surface area contributed by atoms with Crippen molar-refractivity contribution in [2.45, 2.75) is 52.1 Å². The lowest BCUT2D eigenvalue weighted by Gasteiger charge is -2.45. The molecule has 1 saturated heterocycles. The van der Waals surface area contributed by atoms with Crippen molar-refractivity contribution in [1.82, 2.24) is 0 Å². The van der Waals surface area contributed by atoms with E-state index in [-0.39, 0.29) is 11.3 Å². The molecule has 3 nitrogen and oxygen atoms in total. The number of aliphatic hydroxyl groups is 1. The Morgan fingerprint density at radius 3 is 2.29 bits per heavy atom. The summed E-state index contributed by atoms with van der Waals surface area (Å²) in [5.74, 6) is 0.190. The Morgan fingerprint density at radius 1 is 1.29 bits per heavy atom. The lowest BCUT2D eigenvalue weighted by atomic mass is 9.63. The van der Waals surface area contributed by atoms with Gasteiger partial charge in [0.25, 0.3) is 0 Å². The van der Waals surface area contributed by atoms with Crippen LogP contribution >= 0.6 is 0 Å². The fourth-order valence-corrected chi connectivity index (χ4v) is 3.98. The highest BCUT2D eigenvalue weighted by Gasteiger charge is 2.60. The second kappa shape index (κ2) is 3.96. The summed E-state index contributed by atoms with van der Waals surface area (Å²) in [6.45, 7) is 7.66. The maximum absolute atomic E-state index is 11.1. The molecule has 0 aromatic heterocycles. The maximum Gasteiger partial charge on any atom is 0.0906 e. The molecule has 3 heteroatoms. The minimum atomic E-state index is -0.838. The molecule has 1 aliphatic carbocycles. The average molecular weight is 237 g/mol. The van der Waals surface area contributed by atoms with Crippen LogP contribution in [0, 0.1) is 28.1 Å². The van der Waals surface area contributed by atoms with Crippen molar-refractivity contribution in [1.29, 1.82) is 5.26 Å². The molecule has 0 aromatic rings. The molecule has 96 valence electrons. The Kier molecular flexibility index (Phi) is 3.00. The minimum Gasteiger partial charge on any atom is -0.388 e. The van der Waals surface area contributed by atoms with Crippen molar-refractivity contribution < 1.29 is 9.84 Å². The number of hydrogen-bond donors (Lipinski definition) is 1. The molecule has 0 spiro atoms. The highest BCUT2D eigenvalue weighted by molar-refractivity contribution is 5.17. The Morgan fingerprint density at radius 2 is 1.88 bits per heavy atom. The second-order valence-corrected chi connectivity index (χ2v) is 6.68. The van der Waals surface area contributed by atoms with Crippen LogP contribution in [0.3, 0.4) is 0 Å². The third kappa shape index (κ3) is 1.88. The van der Waals surface area contributed by atoms with E-state index in [0.29, 0.717) is 26.1 Å². The largest absolute Gasteiger partial charge is 0.388 e. The fourth-order valence-electron chi connectivity index (χ4n) is 3.98. The maximum atomic E-state index is 11.1. The van der Waals surface area contributed by atoms with Gasteiger partial charge < -0.3 is 9.84 Å². The van der Waals surface area contributed by atoms with Crippen LogP contribution in [0.25, 0.3) is 0 Å². The molecule has 2 unspecified atom stereocenters. The van der Waals surface area contributed by atoms with Gasteiger partial charge >= 0.3 is 0 Å². The van der Waals surface area contributed by atoms with Crippen LogP contribution in [0.2, 0.25) is 0 Å². The highest BCUT2D eigenvalue weighted by Crippen LogP contribution is 2.57. The van der Waals surface area contributed by atoms with Gasteiger partial charge in [0, 0.05) is 13.2 Å². The zero-order valence-electron chi connectivity index (χ0n) is 11.1. The van der Waals surface area contributed by atoms with Crippen molar-refractivity contribution in [3.8, 4) is 6.07 Å². The number of hydrogen-bond acceptors (Lipinski definition) is 3. The molecule has 1 heterocycles. The Labute approximate surface area is 104 Å². The molecule has 2 rings (SSSR count). The molecule has 1 N–H and O–H groups in total. The van der Waals surface area contributed by atoms with E-state index in [1.807, 2.05) is 0 Å². The highest BCUT2D eigenvalue weighted by atomic mass is 16.5. The first-order valence-corrected chi connectivity index (χ1v) is 6.57. The van der Waals surface area contributed by atoms with E-state index in [2.05, 4.69) is 26.8 Å². The van der Waals surface area contributed by atoms with Crippen LogP contribution in [0.15, 0.2) is 0 Å². The van der Waals surface area contributed by atoms with Gasteiger partial charge in [-0.15, -0.1) is 0 Å². The van der Waals surface area contributed by atoms with Crippen LogP contribution in [0.5, 0.6) is 0 Å². The molecule has 0 aromatic carbocycles. The molecule has 2 aliphatic rings. The summed E-state index contributed by atoms with van der Waals surface area (Å²) in [5.41, 5.74) is -1.30. The van der Waals surface area contributed by atoms with Crippen molar-refractivity contribution in [2.75, 3.05) is 13.2 Å². The first kappa shape index (κ1) is 12.9. The molecule has 1 saturated carbocycles. The van der Waals surface area contributed by atoms with E-state index in [1.54, 1.807) is 0 Å². The van der Waals surface area contributed by atoms with Crippen LogP contribution in [0.4, 0.5) is 0 Å². The zero-order chi connectivity index (χ0) is 12.7. The molecule has 2 atom stereocenters. The summed E-state index contributed by atoms with van der Waals surface area (Å²) < 4.78 is 5.36. The van der Waals surface area contributed by atoms with Gasteiger partial charge in [0.15, 0.2) is 0 Å².